The number of benzene rings is 1. The zero-order valence-electron chi connectivity index (χ0n) is 13.9. The van der Waals surface area contributed by atoms with Gasteiger partial charge in [0, 0.05) is 25.0 Å². The number of carbonyl (C=O) groups is 1. The SMILES string of the molecule is COc1cccc(OCC(=O)NCCCc2cnc3ncnn3c2)c1. The summed E-state index contributed by atoms with van der Waals surface area (Å²) in [6, 6.07) is 7.15. The first-order chi connectivity index (χ1) is 12.2. The fourth-order valence-corrected chi connectivity index (χ4v) is 2.30. The molecule has 0 saturated carbocycles. The third-order valence-corrected chi connectivity index (χ3v) is 3.56. The number of nitrogens with zero attached hydrogens (tertiary/aromatic N) is 4. The third-order valence-electron chi connectivity index (χ3n) is 3.56. The molecule has 0 fully saturated rings. The molecule has 0 bridgehead atoms. The van der Waals surface area contributed by atoms with Gasteiger partial charge in [0.05, 0.1) is 7.11 Å². The van der Waals surface area contributed by atoms with Gasteiger partial charge in [-0.05, 0) is 30.5 Å². The van der Waals surface area contributed by atoms with Gasteiger partial charge in [0.1, 0.15) is 17.8 Å². The number of amides is 1. The lowest BCUT2D eigenvalue weighted by Gasteiger charge is -2.08. The highest BCUT2D eigenvalue weighted by Gasteiger charge is 2.04. The standard InChI is InChI=1S/C17H19N5O3/c1-24-14-5-2-6-15(8-14)25-11-16(23)18-7-3-4-13-9-19-17-20-12-21-22(17)10-13/h2,5-6,8-10,12H,3-4,7,11H2,1H3,(H,18,23). The third kappa shape index (κ3) is 4.66. The molecule has 0 aliphatic carbocycles. The molecule has 2 heterocycles. The molecular weight excluding hydrogens is 322 g/mol. The van der Waals surface area contributed by atoms with Crippen molar-refractivity contribution in [2.75, 3.05) is 20.3 Å². The summed E-state index contributed by atoms with van der Waals surface area (Å²) in [7, 11) is 1.59. The minimum absolute atomic E-state index is 0.0281. The molecule has 3 rings (SSSR count). The molecule has 0 unspecified atom stereocenters. The molecule has 0 aliphatic heterocycles. The van der Waals surface area contributed by atoms with Gasteiger partial charge in [0.2, 0.25) is 0 Å². The van der Waals surface area contributed by atoms with Crippen LogP contribution in [0.15, 0.2) is 43.0 Å². The minimum atomic E-state index is -0.160. The molecule has 0 aliphatic rings. The average molecular weight is 341 g/mol. The van der Waals surface area contributed by atoms with Gasteiger partial charge < -0.3 is 14.8 Å². The normalized spacial score (nSPS) is 10.6. The summed E-state index contributed by atoms with van der Waals surface area (Å²) in [6.07, 6.45) is 6.72. The number of carbonyl (C=O) groups excluding carboxylic acids is 1. The Morgan fingerprint density at radius 2 is 2.16 bits per heavy atom. The van der Waals surface area contributed by atoms with Crippen LogP contribution in [0.4, 0.5) is 0 Å². The van der Waals surface area contributed by atoms with E-state index in [0.717, 1.165) is 18.4 Å². The molecule has 130 valence electrons. The minimum Gasteiger partial charge on any atom is -0.497 e. The van der Waals surface area contributed by atoms with Crippen LogP contribution in [-0.2, 0) is 11.2 Å². The molecule has 0 spiro atoms. The molecule has 0 radical (unpaired) electrons. The van der Waals surface area contributed by atoms with Gasteiger partial charge in [0.15, 0.2) is 6.61 Å². The van der Waals surface area contributed by atoms with Gasteiger partial charge in [0.25, 0.3) is 11.7 Å². The lowest BCUT2D eigenvalue weighted by atomic mass is 10.2. The maximum absolute atomic E-state index is 11.8. The van der Waals surface area contributed by atoms with Crippen LogP contribution in [-0.4, -0.2) is 45.8 Å². The number of methoxy groups -OCH3 is 1. The van der Waals surface area contributed by atoms with Crippen LogP contribution in [0.25, 0.3) is 5.78 Å². The Labute approximate surface area is 144 Å². The lowest BCUT2D eigenvalue weighted by Crippen LogP contribution is -2.29. The Morgan fingerprint density at radius 3 is 3.04 bits per heavy atom. The molecule has 3 aromatic rings. The maximum atomic E-state index is 11.8. The predicted octanol–water partition coefficient (Wildman–Crippen LogP) is 1.26. The van der Waals surface area contributed by atoms with Crippen LogP contribution in [0.3, 0.4) is 0 Å². The van der Waals surface area contributed by atoms with Crippen LogP contribution >= 0.6 is 0 Å². The van der Waals surface area contributed by atoms with Gasteiger partial charge in [-0.1, -0.05) is 6.07 Å². The molecule has 1 N–H and O–H groups in total. The summed E-state index contributed by atoms with van der Waals surface area (Å²) in [6.45, 7) is 0.537. The van der Waals surface area contributed by atoms with E-state index in [-0.39, 0.29) is 12.5 Å². The van der Waals surface area contributed by atoms with Crippen molar-refractivity contribution < 1.29 is 14.3 Å². The first-order valence-corrected chi connectivity index (χ1v) is 7.92. The fraction of sp³-hybridized carbons (Fsp3) is 0.294. The summed E-state index contributed by atoms with van der Waals surface area (Å²) >= 11 is 0. The molecule has 2 aromatic heterocycles. The van der Waals surface area contributed by atoms with Gasteiger partial charge in [-0.3, -0.25) is 4.79 Å². The topological polar surface area (TPSA) is 90.6 Å². The molecule has 8 nitrogen and oxygen atoms in total. The number of hydrogen-bond donors (Lipinski definition) is 1. The van der Waals surface area contributed by atoms with Crippen molar-refractivity contribution in [2.45, 2.75) is 12.8 Å². The second kappa shape index (κ2) is 8.09. The zero-order valence-corrected chi connectivity index (χ0v) is 13.9. The van der Waals surface area contributed by atoms with E-state index < -0.39 is 0 Å². The van der Waals surface area contributed by atoms with Crippen molar-refractivity contribution in [1.82, 2.24) is 24.9 Å². The van der Waals surface area contributed by atoms with E-state index in [0.29, 0.717) is 23.8 Å². The van der Waals surface area contributed by atoms with Gasteiger partial charge in [-0.2, -0.15) is 10.1 Å². The Hall–Kier alpha value is -3.16. The molecule has 0 atom stereocenters. The van der Waals surface area contributed by atoms with Crippen LogP contribution in [0.5, 0.6) is 11.5 Å². The van der Waals surface area contributed by atoms with Crippen molar-refractivity contribution in [3.63, 3.8) is 0 Å². The van der Waals surface area contributed by atoms with E-state index in [1.165, 1.54) is 6.33 Å². The van der Waals surface area contributed by atoms with Crippen LogP contribution < -0.4 is 14.8 Å². The number of hydrogen-bond acceptors (Lipinski definition) is 6. The molecule has 1 amide bonds. The average Bonchev–Trinajstić information content (AvgIpc) is 3.11. The van der Waals surface area contributed by atoms with E-state index in [2.05, 4.69) is 20.4 Å². The summed E-state index contributed by atoms with van der Waals surface area (Å²) in [5, 5.41) is 6.88. The predicted molar refractivity (Wildman–Crippen MR) is 90.6 cm³/mol. The Kier molecular flexibility index (Phi) is 5.40. The molecule has 0 saturated heterocycles. The number of nitrogens with one attached hydrogen (secondary N) is 1. The van der Waals surface area contributed by atoms with Crippen LogP contribution in [0.2, 0.25) is 0 Å². The Morgan fingerprint density at radius 1 is 1.28 bits per heavy atom. The number of fused-ring (bicyclic) bond motifs is 1. The van der Waals surface area contributed by atoms with Crippen molar-refractivity contribution in [1.29, 1.82) is 0 Å². The van der Waals surface area contributed by atoms with Crippen molar-refractivity contribution in [2.24, 2.45) is 0 Å². The molecule has 1 aromatic carbocycles. The van der Waals surface area contributed by atoms with Crippen molar-refractivity contribution >= 4 is 11.7 Å². The number of ether oxygens (including phenoxy) is 2. The summed E-state index contributed by atoms with van der Waals surface area (Å²) in [5.41, 5.74) is 1.04. The highest BCUT2D eigenvalue weighted by Crippen LogP contribution is 2.18. The lowest BCUT2D eigenvalue weighted by molar-refractivity contribution is -0.123. The largest absolute Gasteiger partial charge is 0.497 e. The molecule has 25 heavy (non-hydrogen) atoms. The van der Waals surface area contributed by atoms with Crippen molar-refractivity contribution in [3.8, 4) is 11.5 Å². The second-order valence-corrected chi connectivity index (χ2v) is 5.39. The first-order valence-electron chi connectivity index (χ1n) is 7.92. The summed E-state index contributed by atoms with van der Waals surface area (Å²) in [4.78, 5) is 20.0. The van der Waals surface area contributed by atoms with E-state index in [4.69, 9.17) is 9.47 Å². The Balaban J connectivity index is 1.37. The smallest absolute Gasteiger partial charge is 0.257 e. The molecular formula is C17H19N5O3. The number of aromatic nitrogens is 4. The number of rotatable bonds is 8. The highest BCUT2D eigenvalue weighted by atomic mass is 16.5. The van der Waals surface area contributed by atoms with Gasteiger partial charge in [-0.15, -0.1) is 0 Å². The second-order valence-electron chi connectivity index (χ2n) is 5.39. The Bertz CT molecular complexity index is 849. The number of aryl methyl sites for hydroxylation is 1. The van der Waals surface area contributed by atoms with E-state index >= 15 is 0 Å². The van der Waals surface area contributed by atoms with Crippen LogP contribution in [0, 0.1) is 0 Å². The van der Waals surface area contributed by atoms with E-state index in [9.17, 15) is 4.79 Å². The van der Waals surface area contributed by atoms with Crippen LogP contribution in [0.1, 0.15) is 12.0 Å². The summed E-state index contributed by atoms with van der Waals surface area (Å²) < 4.78 is 12.2. The summed E-state index contributed by atoms with van der Waals surface area (Å²) in [5.74, 6) is 1.71. The quantitative estimate of drug-likeness (QED) is 0.620. The van der Waals surface area contributed by atoms with E-state index in [1.807, 2.05) is 18.3 Å². The zero-order chi connectivity index (χ0) is 17.5. The monoisotopic (exact) mass is 341 g/mol. The highest BCUT2D eigenvalue weighted by molar-refractivity contribution is 5.77. The van der Waals surface area contributed by atoms with Crippen molar-refractivity contribution in [3.05, 3.63) is 48.5 Å². The molecule has 8 heteroatoms. The van der Waals surface area contributed by atoms with Gasteiger partial charge in [-0.25, -0.2) is 9.50 Å². The van der Waals surface area contributed by atoms with E-state index in [1.54, 1.807) is 30.0 Å². The first kappa shape index (κ1) is 16.7. The van der Waals surface area contributed by atoms with Gasteiger partial charge >= 0.3 is 0 Å². The maximum Gasteiger partial charge on any atom is 0.257 e. The fourth-order valence-electron chi connectivity index (χ4n) is 2.30.